The topological polar surface area (TPSA) is 59.6 Å². The van der Waals surface area contributed by atoms with Crippen molar-refractivity contribution in [1.29, 1.82) is 0 Å². The van der Waals surface area contributed by atoms with E-state index in [1.807, 2.05) is 25.2 Å². The summed E-state index contributed by atoms with van der Waals surface area (Å²) in [6, 6.07) is 10.6. The van der Waals surface area contributed by atoms with Crippen molar-refractivity contribution in [3.8, 4) is 5.75 Å². The van der Waals surface area contributed by atoms with Crippen molar-refractivity contribution in [2.45, 2.75) is 38.1 Å². The van der Waals surface area contributed by atoms with E-state index in [1.54, 1.807) is 12.1 Å². The van der Waals surface area contributed by atoms with Gasteiger partial charge in [-0.05, 0) is 74.0 Å². The number of nitrogens with one attached hydrogen (secondary N) is 2. The summed E-state index contributed by atoms with van der Waals surface area (Å²) in [5.74, 6) is 0.942. The Kier molecular flexibility index (Phi) is 7.20. The molecular formula is C25H31FN2O3. The molecule has 5 nitrogen and oxygen atoms in total. The first kappa shape index (κ1) is 21.8. The number of rotatable bonds is 8. The second-order valence-corrected chi connectivity index (χ2v) is 8.53. The highest BCUT2D eigenvalue weighted by molar-refractivity contribution is 5.95. The Balaban J connectivity index is 1.43. The van der Waals surface area contributed by atoms with Gasteiger partial charge in [-0.2, -0.15) is 0 Å². The largest absolute Gasteiger partial charge is 0.493 e. The van der Waals surface area contributed by atoms with Gasteiger partial charge >= 0.3 is 0 Å². The Morgan fingerprint density at radius 2 is 2.16 bits per heavy atom. The van der Waals surface area contributed by atoms with Crippen LogP contribution >= 0.6 is 0 Å². The van der Waals surface area contributed by atoms with Crippen molar-refractivity contribution >= 4 is 5.91 Å². The van der Waals surface area contributed by atoms with Crippen LogP contribution in [0.5, 0.6) is 5.75 Å². The predicted octanol–water partition coefficient (Wildman–Crippen LogP) is 3.49. The predicted molar refractivity (Wildman–Crippen MR) is 118 cm³/mol. The maximum Gasteiger partial charge on any atom is 0.251 e. The van der Waals surface area contributed by atoms with Crippen molar-refractivity contribution in [2.24, 2.45) is 5.92 Å². The second kappa shape index (κ2) is 10.2. The number of likely N-dealkylation sites (N-methyl/N-ethyl adjacent to an activating group) is 1. The van der Waals surface area contributed by atoms with Gasteiger partial charge in [-0.3, -0.25) is 4.79 Å². The van der Waals surface area contributed by atoms with E-state index in [0.717, 1.165) is 54.9 Å². The minimum atomic E-state index is -0.249. The average molecular weight is 427 g/mol. The summed E-state index contributed by atoms with van der Waals surface area (Å²) in [5.41, 5.74) is 3.61. The molecule has 2 aliphatic rings. The number of carbonyl (C=O) groups is 1. The second-order valence-electron chi connectivity index (χ2n) is 8.53. The zero-order chi connectivity index (χ0) is 21.6. The molecule has 6 heteroatoms. The smallest absolute Gasteiger partial charge is 0.251 e. The maximum atomic E-state index is 13.6. The third-order valence-electron chi connectivity index (χ3n) is 6.25. The Hall–Kier alpha value is -2.44. The molecule has 0 saturated carbocycles. The number of halogens is 1. The molecule has 0 radical (unpaired) electrons. The lowest BCUT2D eigenvalue weighted by atomic mass is 9.94. The highest BCUT2D eigenvalue weighted by Crippen LogP contribution is 2.31. The van der Waals surface area contributed by atoms with Crippen molar-refractivity contribution in [3.05, 3.63) is 64.5 Å². The molecule has 0 aliphatic carbocycles. The van der Waals surface area contributed by atoms with E-state index >= 15 is 0 Å². The monoisotopic (exact) mass is 426 g/mol. The van der Waals surface area contributed by atoms with Crippen LogP contribution in [0.1, 0.15) is 46.3 Å². The van der Waals surface area contributed by atoms with Gasteiger partial charge in [0.15, 0.2) is 0 Å². The first-order chi connectivity index (χ1) is 15.1. The summed E-state index contributed by atoms with van der Waals surface area (Å²) >= 11 is 0. The molecule has 0 spiro atoms. The minimum Gasteiger partial charge on any atom is -0.493 e. The third-order valence-corrected chi connectivity index (χ3v) is 6.25. The van der Waals surface area contributed by atoms with Crippen molar-refractivity contribution in [1.82, 2.24) is 10.6 Å². The van der Waals surface area contributed by atoms with Gasteiger partial charge in [0.1, 0.15) is 11.6 Å². The summed E-state index contributed by atoms with van der Waals surface area (Å²) in [6.45, 7) is 2.83. The molecule has 31 heavy (non-hydrogen) atoms. The van der Waals surface area contributed by atoms with Gasteiger partial charge in [0, 0.05) is 43.3 Å². The van der Waals surface area contributed by atoms with Crippen LogP contribution in [-0.4, -0.2) is 45.4 Å². The van der Waals surface area contributed by atoms with Gasteiger partial charge in [-0.1, -0.05) is 12.1 Å². The molecule has 2 atom stereocenters. The molecule has 1 saturated heterocycles. The van der Waals surface area contributed by atoms with Crippen LogP contribution in [0.4, 0.5) is 4.39 Å². The van der Waals surface area contributed by atoms with Crippen LogP contribution in [0.3, 0.4) is 0 Å². The molecule has 1 fully saturated rings. The fourth-order valence-corrected chi connectivity index (χ4v) is 4.55. The summed E-state index contributed by atoms with van der Waals surface area (Å²) < 4.78 is 25.0. The number of benzene rings is 2. The Morgan fingerprint density at radius 1 is 1.26 bits per heavy atom. The number of hydrogen-bond donors (Lipinski definition) is 2. The lowest BCUT2D eigenvalue weighted by Gasteiger charge is -2.26. The van der Waals surface area contributed by atoms with Gasteiger partial charge < -0.3 is 20.1 Å². The van der Waals surface area contributed by atoms with Crippen LogP contribution in [0.25, 0.3) is 0 Å². The molecule has 0 aromatic heterocycles. The molecular weight excluding hydrogens is 395 g/mol. The van der Waals surface area contributed by atoms with E-state index < -0.39 is 0 Å². The number of hydrogen-bond acceptors (Lipinski definition) is 4. The van der Waals surface area contributed by atoms with Crippen LogP contribution in [-0.2, 0) is 17.6 Å². The van der Waals surface area contributed by atoms with Crippen LogP contribution in [0, 0.1) is 11.7 Å². The zero-order valence-corrected chi connectivity index (χ0v) is 18.1. The molecule has 1 amide bonds. The van der Waals surface area contributed by atoms with Crippen LogP contribution in [0.2, 0.25) is 0 Å². The molecule has 1 unspecified atom stereocenters. The van der Waals surface area contributed by atoms with Gasteiger partial charge in [-0.15, -0.1) is 0 Å². The van der Waals surface area contributed by atoms with Crippen LogP contribution < -0.4 is 15.4 Å². The third kappa shape index (κ3) is 5.63. The minimum absolute atomic E-state index is 0.112. The van der Waals surface area contributed by atoms with Crippen molar-refractivity contribution in [3.63, 3.8) is 0 Å². The summed E-state index contributed by atoms with van der Waals surface area (Å²) in [5, 5.41) is 6.39. The fraction of sp³-hybridized carbons (Fsp3) is 0.480. The summed E-state index contributed by atoms with van der Waals surface area (Å²) in [6.07, 6.45) is 4.65. The van der Waals surface area contributed by atoms with E-state index in [4.69, 9.17) is 9.47 Å². The molecule has 2 aromatic rings. The molecule has 2 N–H and O–H groups in total. The highest BCUT2D eigenvalue weighted by Gasteiger charge is 2.22. The lowest BCUT2D eigenvalue weighted by Crippen LogP contribution is -2.41. The molecule has 4 rings (SSSR count). The van der Waals surface area contributed by atoms with Gasteiger partial charge in [0.25, 0.3) is 5.91 Å². The molecule has 2 aromatic carbocycles. The maximum absolute atomic E-state index is 13.6. The van der Waals surface area contributed by atoms with E-state index in [-0.39, 0.29) is 17.8 Å². The fourth-order valence-electron chi connectivity index (χ4n) is 4.55. The first-order valence-electron chi connectivity index (χ1n) is 11.2. The average Bonchev–Trinajstić information content (AvgIpc) is 3.26. The van der Waals surface area contributed by atoms with Crippen molar-refractivity contribution in [2.75, 3.05) is 33.4 Å². The lowest BCUT2D eigenvalue weighted by molar-refractivity contribution is 0.0478. The Bertz CT molecular complexity index is 912. The zero-order valence-electron chi connectivity index (χ0n) is 18.1. The number of amides is 1. The quantitative estimate of drug-likeness (QED) is 0.679. The number of fused-ring (bicyclic) bond motifs is 1. The first-order valence-corrected chi connectivity index (χ1v) is 11.2. The molecule has 2 aliphatic heterocycles. The van der Waals surface area contributed by atoms with E-state index in [9.17, 15) is 9.18 Å². The SMILES string of the molecule is CNC(CNC(=O)c1cc(Cc2cccc(F)c2)c2c(c1)OCC2)C[C@H]1CCCOC1. The highest BCUT2D eigenvalue weighted by atomic mass is 19.1. The number of ether oxygens (including phenoxy) is 2. The van der Waals surface area contributed by atoms with Crippen molar-refractivity contribution < 1.29 is 18.7 Å². The van der Waals surface area contributed by atoms with E-state index in [2.05, 4.69) is 10.6 Å². The van der Waals surface area contributed by atoms with Gasteiger partial charge in [-0.25, -0.2) is 4.39 Å². The number of carbonyl (C=O) groups excluding carboxylic acids is 1. The van der Waals surface area contributed by atoms with Crippen LogP contribution in [0.15, 0.2) is 36.4 Å². The van der Waals surface area contributed by atoms with E-state index in [0.29, 0.717) is 31.1 Å². The Morgan fingerprint density at radius 3 is 2.94 bits per heavy atom. The summed E-state index contributed by atoms with van der Waals surface area (Å²) in [4.78, 5) is 12.9. The molecule has 0 bridgehead atoms. The van der Waals surface area contributed by atoms with E-state index in [1.165, 1.54) is 12.5 Å². The standard InChI is InChI=1S/C25H31FN2O3/c1-27-22(12-18-5-3-8-30-16-18)15-28-25(29)20-13-19(23-7-9-31-24(23)14-20)10-17-4-2-6-21(26)11-17/h2,4,6,11,13-14,18,22,27H,3,5,7-10,12,15-16H2,1H3,(H,28,29)/t18-,22?/m1/s1. The normalized spacial score (nSPS) is 18.8. The molecule has 2 heterocycles. The van der Waals surface area contributed by atoms with Gasteiger partial charge in [0.2, 0.25) is 0 Å². The Labute approximate surface area is 183 Å². The van der Waals surface area contributed by atoms with Gasteiger partial charge in [0.05, 0.1) is 6.61 Å². The molecule has 166 valence electrons. The summed E-state index contributed by atoms with van der Waals surface area (Å²) in [7, 11) is 1.93.